The monoisotopic (exact) mass is 341 g/mol. The molecule has 132 valence electrons. The van der Waals surface area contributed by atoms with E-state index in [-0.39, 0.29) is 17.4 Å². The van der Waals surface area contributed by atoms with E-state index in [1.807, 2.05) is 46.1 Å². The Bertz CT molecular complexity index is 804. The van der Waals surface area contributed by atoms with Crippen LogP contribution in [0.3, 0.4) is 0 Å². The van der Waals surface area contributed by atoms with Crippen LogP contribution in [0, 0.1) is 5.41 Å². The highest BCUT2D eigenvalue weighted by Gasteiger charge is 2.35. The molecule has 2 aromatic rings. The van der Waals surface area contributed by atoms with E-state index in [2.05, 4.69) is 10.4 Å². The Morgan fingerprint density at radius 3 is 2.72 bits per heavy atom. The van der Waals surface area contributed by atoms with Gasteiger partial charge in [-0.1, -0.05) is 39.0 Å². The van der Waals surface area contributed by atoms with Gasteiger partial charge in [-0.25, -0.2) is 4.79 Å². The molecule has 1 aliphatic rings. The van der Waals surface area contributed by atoms with Gasteiger partial charge in [-0.3, -0.25) is 9.48 Å². The molecule has 6 nitrogen and oxygen atoms in total. The van der Waals surface area contributed by atoms with Crippen LogP contribution < -0.4 is 5.32 Å². The first kappa shape index (κ1) is 17.2. The first-order valence-corrected chi connectivity index (χ1v) is 8.33. The Morgan fingerprint density at radius 1 is 1.36 bits per heavy atom. The standard InChI is InChI=1S/C19H23N3O3/c1-19(2,3)16(13-10-20-22(4)11-13)21-17(23)15-9-12-7-5-6-8-14(12)18(24)25-15/h5-8,10-11,15-16H,9H2,1-4H3,(H,21,23)/t15-,16+/m0/s1. The first-order chi connectivity index (χ1) is 11.8. The zero-order valence-electron chi connectivity index (χ0n) is 14.9. The van der Waals surface area contributed by atoms with Crippen molar-refractivity contribution in [2.45, 2.75) is 39.3 Å². The van der Waals surface area contributed by atoms with Crippen molar-refractivity contribution >= 4 is 11.9 Å². The van der Waals surface area contributed by atoms with E-state index < -0.39 is 12.1 Å². The second kappa shape index (κ2) is 6.35. The second-order valence-electron chi connectivity index (χ2n) is 7.51. The summed E-state index contributed by atoms with van der Waals surface area (Å²) in [6.07, 6.45) is 3.21. The van der Waals surface area contributed by atoms with Crippen molar-refractivity contribution in [1.82, 2.24) is 15.1 Å². The third-order valence-corrected chi connectivity index (χ3v) is 4.40. The number of esters is 1. The smallest absolute Gasteiger partial charge is 0.339 e. The van der Waals surface area contributed by atoms with Gasteiger partial charge >= 0.3 is 5.97 Å². The predicted molar refractivity (Wildman–Crippen MR) is 92.9 cm³/mol. The third kappa shape index (κ3) is 3.57. The lowest BCUT2D eigenvalue weighted by atomic mass is 9.83. The minimum Gasteiger partial charge on any atom is -0.448 e. The molecule has 0 spiro atoms. The molecule has 2 atom stereocenters. The highest BCUT2D eigenvalue weighted by atomic mass is 16.5. The topological polar surface area (TPSA) is 73.2 Å². The summed E-state index contributed by atoms with van der Waals surface area (Å²) in [7, 11) is 1.84. The van der Waals surface area contributed by atoms with E-state index in [4.69, 9.17) is 4.74 Å². The fourth-order valence-corrected chi connectivity index (χ4v) is 3.10. The number of benzene rings is 1. The average molecular weight is 341 g/mol. The minimum atomic E-state index is -0.816. The number of amides is 1. The molecule has 1 aromatic heterocycles. The number of carbonyl (C=O) groups excluding carboxylic acids is 2. The zero-order chi connectivity index (χ0) is 18.2. The van der Waals surface area contributed by atoms with E-state index >= 15 is 0 Å². The second-order valence-corrected chi connectivity index (χ2v) is 7.51. The number of aromatic nitrogens is 2. The van der Waals surface area contributed by atoms with Gasteiger partial charge in [-0.2, -0.15) is 5.10 Å². The fraction of sp³-hybridized carbons (Fsp3) is 0.421. The van der Waals surface area contributed by atoms with Crippen LogP contribution in [0.4, 0.5) is 0 Å². The minimum absolute atomic E-state index is 0.213. The van der Waals surface area contributed by atoms with Gasteiger partial charge in [-0.15, -0.1) is 0 Å². The third-order valence-electron chi connectivity index (χ3n) is 4.40. The lowest BCUT2D eigenvalue weighted by Gasteiger charge is -2.33. The maximum Gasteiger partial charge on any atom is 0.339 e. The summed E-state index contributed by atoms with van der Waals surface area (Å²) in [5.74, 6) is -0.734. The van der Waals surface area contributed by atoms with E-state index in [1.165, 1.54) is 0 Å². The summed E-state index contributed by atoms with van der Waals surface area (Å²) in [5.41, 5.74) is 2.08. The van der Waals surface area contributed by atoms with Gasteiger partial charge in [0.05, 0.1) is 17.8 Å². The molecule has 0 radical (unpaired) electrons. The van der Waals surface area contributed by atoms with Crippen molar-refractivity contribution in [3.8, 4) is 0 Å². The number of aryl methyl sites for hydroxylation is 1. The van der Waals surface area contributed by atoms with Gasteiger partial charge < -0.3 is 10.1 Å². The van der Waals surface area contributed by atoms with Crippen LogP contribution in [0.25, 0.3) is 0 Å². The van der Waals surface area contributed by atoms with Crippen LogP contribution in [-0.4, -0.2) is 27.8 Å². The normalized spacial score (nSPS) is 18.2. The van der Waals surface area contributed by atoms with Gasteiger partial charge in [0.25, 0.3) is 5.91 Å². The molecule has 3 rings (SSSR count). The van der Waals surface area contributed by atoms with Crippen LogP contribution >= 0.6 is 0 Å². The largest absolute Gasteiger partial charge is 0.448 e. The summed E-state index contributed by atoms with van der Waals surface area (Å²) in [5, 5.41) is 7.23. The van der Waals surface area contributed by atoms with Crippen molar-refractivity contribution in [3.05, 3.63) is 53.3 Å². The number of hydrogen-bond acceptors (Lipinski definition) is 4. The molecule has 25 heavy (non-hydrogen) atoms. The van der Waals surface area contributed by atoms with Gasteiger partial charge in [0.15, 0.2) is 6.10 Å². The van der Waals surface area contributed by atoms with Gasteiger partial charge in [0.1, 0.15) is 0 Å². The quantitative estimate of drug-likeness (QED) is 0.870. The van der Waals surface area contributed by atoms with Crippen molar-refractivity contribution in [2.24, 2.45) is 12.5 Å². The van der Waals surface area contributed by atoms with Crippen molar-refractivity contribution < 1.29 is 14.3 Å². The summed E-state index contributed by atoms with van der Waals surface area (Å²) < 4.78 is 7.06. The summed E-state index contributed by atoms with van der Waals surface area (Å²) in [6.45, 7) is 6.15. The highest BCUT2D eigenvalue weighted by Crippen LogP contribution is 2.33. The molecule has 1 aromatic carbocycles. The molecule has 6 heteroatoms. The first-order valence-electron chi connectivity index (χ1n) is 8.33. The summed E-state index contributed by atoms with van der Waals surface area (Å²) in [4.78, 5) is 24.9. The van der Waals surface area contributed by atoms with Crippen LogP contribution in [0.15, 0.2) is 36.7 Å². The molecular formula is C19H23N3O3. The molecular weight excluding hydrogens is 318 g/mol. The number of cyclic esters (lactones) is 1. The molecule has 2 heterocycles. The number of nitrogens with zero attached hydrogens (tertiary/aromatic N) is 2. The summed E-state index contributed by atoms with van der Waals surface area (Å²) in [6, 6.07) is 7.00. The summed E-state index contributed by atoms with van der Waals surface area (Å²) >= 11 is 0. The van der Waals surface area contributed by atoms with Crippen molar-refractivity contribution in [3.63, 3.8) is 0 Å². The Hall–Kier alpha value is -2.63. The van der Waals surface area contributed by atoms with Crippen LogP contribution in [-0.2, 0) is 23.0 Å². The molecule has 0 fully saturated rings. The van der Waals surface area contributed by atoms with Gasteiger partial charge in [-0.05, 0) is 17.0 Å². The maximum atomic E-state index is 12.8. The molecule has 0 saturated carbocycles. The molecule has 0 unspecified atom stereocenters. The molecule has 1 N–H and O–H groups in total. The van der Waals surface area contributed by atoms with E-state index in [9.17, 15) is 9.59 Å². The Morgan fingerprint density at radius 2 is 2.08 bits per heavy atom. The van der Waals surface area contributed by atoms with Gasteiger partial charge in [0, 0.05) is 25.2 Å². The van der Waals surface area contributed by atoms with E-state index in [1.54, 1.807) is 23.0 Å². The van der Waals surface area contributed by atoms with Crippen LogP contribution in [0.5, 0.6) is 0 Å². The Balaban J connectivity index is 1.80. The van der Waals surface area contributed by atoms with Gasteiger partial charge in [0.2, 0.25) is 0 Å². The zero-order valence-corrected chi connectivity index (χ0v) is 14.9. The van der Waals surface area contributed by atoms with Crippen LogP contribution in [0.1, 0.15) is 48.3 Å². The highest BCUT2D eigenvalue weighted by molar-refractivity contribution is 5.95. The lowest BCUT2D eigenvalue weighted by Crippen LogP contribution is -2.45. The molecule has 0 aliphatic carbocycles. The number of rotatable bonds is 3. The fourth-order valence-electron chi connectivity index (χ4n) is 3.10. The molecule has 0 bridgehead atoms. The Kier molecular flexibility index (Phi) is 4.37. The number of nitrogens with one attached hydrogen (secondary N) is 1. The van der Waals surface area contributed by atoms with Crippen molar-refractivity contribution in [2.75, 3.05) is 0 Å². The molecule has 1 aliphatic heterocycles. The van der Waals surface area contributed by atoms with Crippen molar-refractivity contribution in [1.29, 1.82) is 0 Å². The number of carbonyl (C=O) groups is 2. The lowest BCUT2D eigenvalue weighted by molar-refractivity contribution is -0.131. The number of hydrogen-bond donors (Lipinski definition) is 1. The SMILES string of the molecule is Cn1cc([C@@H](NC(=O)[C@@H]2Cc3ccccc3C(=O)O2)C(C)(C)C)cn1. The molecule has 1 amide bonds. The van der Waals surface area contributed by atoms with Crippen LogP contribution in [0.2, 0.25) is 0 Å². The van der Waals surface area contributed by atoms with E-state index in [0.717, 1.165) is 11.1 Å². The number of ether oxygens (including phenoxy) is 1. The number of fused-ring (bicyclic) bond motifs is 1. The average Bonchev–Trinajstić information content (AvgIpc) is 2.97. The van der Waals surface area contributed by atoms with E-state index in [0.29, 0.717) is 12.0 Å². The Labute approximate surface area is 147 Å². The predicted octanol–water partition coefficient (Wildman–Crippen LogP) is 2.41. The maximum absolute atomic E-state index is 12.8. The molecule has 0 saturated heterocycles.